The maximum Gasteiger partial charge on any atom is 0.302 e. The molecule has 0 bridgehead atoms. The molecule has 0 amide bonds. The van der Waals surface area contributed by atoms with Crippen LogP contribution in [0.1, 0.15) is 47.0 Å². The third-order valence-corrected chi connectivity index (χ3v) is 3.28. The van der Waals surface area contributed by atoms with Crippen molar-refractivity contribution in [3.05, 3.63) is 0 Å². The average Bonchev–Trinajstić information content (AvgIpc) is 1.99. The van der Waals surface area contributed by atoms with Crippen LogP contribution in [-0.4, -0.2) is 22.8 Å². The third kappa shape index (κ3) is 3.49. The van der Waals surface area contributed by atoms with Crippen LogP contribution in [-0.2, 0) is 9.53 Å². The van der Waals surface area contributed by atoms with Gasteiger partial charge in [0.15, 0.2) is 0 Å². The number of carbonyl (C=O) groups is 1. The molecule has 1 aliphatic carbocycles. The number of carbonyl (C=O) groups excluding carboxylic acids is 1. The lowest BCUT2D eigenvalue weighted by Gasteiger charge is -2.40. The van der Waals surface area contributed by atoms with Crippen molar-refractivity contribution in [3.63, 3.8) is 0 Å². The lowest BCUT2D eigenvalue weighted by Crippen LogP contribution is -2.44. The Balaban J connectivity index is 2.70. The minimum Gasteiger partial charge on any atom is -0.462 e. The summed E-state index contributed by atoms with van der Waals surface area (Å²) >= 11 is 0. The molecule has 3 unspecified atom stereocenters. The van der Waals surface area contributed by atoms with Gasteiger partial charge in [-0.1, -0.05) is 13.3 Å². The van der Waals surface area contributed by atoms with Crippen LogP contribution in [0.2, 0.25) is 0 Å². The quantitative estimate of drug-likeness (QED) is 0.716. The predicted molar refractivity (Wildman–Crippen MR) is 58.4 cm³/mol. The Hall–Kier alpha value is -0.570. The summed E-state index contributed by atoms with van der Waals surface area (Å²) in [4.78, 5) is 11.0. The van der Waals surface area contributed by atoms with E-state index in [1.165, 1.54) is 6.92 Å². The first-order valence-electron chi connectivity index (χ1n) is 5.70. The lowest BCUT2D eigenvalue weighted by molar-refractivity contribution is -0.159. The Morgan fingerprint density at radius 1 is 1.40 bits per heavy atom. The molecule has 0 spiro atoms. The SMILES string of the molecule is CC(=O)OC1CC(C)CCC1C(C)(C)O. The van der Waals surface area contributed by atoms with Gasteiger partial charge in [-0.25, -0.2) is 0 Å². The molecular formula is C12H22O3. The van der Waals surface area contributed by atoms with E-state index in [1.807, 2.05) is 0 Å². The first-order valence-corrected chi connectivity index (χ1v) is 5.70. The van der Waals surface area contributed by atoms with Gasteiger partial charge in [0.25, 0.3) is 0 Å². The molecule has 0 aliphatic heterocycles. The van der Waals surface area contributed by atoms with Gasteiger partial charge < -0.3 is 9.84 Å². The van der Waals surface area contributed by atoms with E-state index in [2.05, 4.69) is 6.92 Å². The molecular weight excluding hydrogens is 192 g/mol. The van der Waals surface area contributed by atoms with Gasteiger partial charge >= 0.3 is 5.97 Å². The van der Waals surface area contributed by atoms with Crippen LogP contribution in [0.3, 0.4) is 0 Å². The van der Waals surface area contributed by atoms with Crippen LogP contribution >= 0.6 is 0 Å². The zero-order valence-electron chi connectivity index (χ0n) is 10.1. The summed E-state index contributed by atoms with van der Waals surface area (Å²) in [6.07, 6.45) is 2.79. The Labute approximate surface area is 91.8 Å². The summed E-state index contributed by atoms with van der Waals surface area (Å²) in [5, 5.41) is 10.0. The summed E-state index contributed by atoms with van der Waals surface area (Å²) in [6.45, 7) is 7.19. The van der Waals surface area contributed by atoms with Crippen LogP contribution in [0.25, 0.3) is 0 Å². The summed E-state index contributed by atoms with van der Waals surface area (Å²) in [6, 6.07) is 0. The zero-order valence-corrected chi connectivity index (χ0v) is 10.1. The molecule has 1 N–H and O–H groups in total. The summed E-state index contributed by atoms with van der Waals surface area (Å²) in [5.74, 6) is 0.397. The van der Waals surface area contributed by atoms with Crippen LogP contribution < -0.4 is 0 Å². The number of aliphatic hydroxyl groups is 1. The highest BCUT2D eigenvalue weighted by molar-refractivity contribution is 5.66. The fraction of sp³-hybridized carbons (Fsp3) is 0.917. The molecule has 15 heavy (non-hydrogen) atoms. The molecule has 1 rings (SSSR count). The Morgan fingerprint density at radius 3 is 2.47 bits per heavy atom. The monoisotopic (exact) mass is 214 g/mol. The molecule has 3 nitrogen and oxygen atoms in total. The Bertz CT molecular complexity index is 230. The van der Waals surface area contributed by atoms with Gasteiger partial charge in [0.1, 0.15) is 6.10 Å². The molecule has 0 aromatic heterocycles. The smallest absolute Gasteiger partial charge is 0.302 e. The highest BCUT2D eigenvalue weighted by Crippen LogP contribution is 2.37. The molecule has 0 radical (unpaired) electrons. The first kappa shape index (κ1) is 12.5. The number of rotatable bonds is 2. The van der Waals surface area contributed by atoms with Crippen LogP contribution in [0, 0.1) is 11.8 Å². The van der Waals surface area contributed by atoms with Crippen LogP contribution in [0.15, 0.2) is 0 Å². The standard InChI is InChI=1S/C12H22O3/c1-8-5-6-10(12(3,4)14)11(7-8)15-9(2)13/h8,10-11,14H,5-7H2,1-4H3. The van der Waals surface area contributed by atoms with Gasteiger partial charge in [0.2, 0.25) is 0 Å². The van der Waals surface area contributed by atoms with Crippen LogP contribution in [0.4, 0.5) is 0 Å². The van der Waals surface area contributed by atoms with Gasteiger partial charge in [-0.2, -0.15) is 0 Å². The van der Waals surface area contributed by atoms with Crippen molar-refractivity contribution in [2.24, 2.45) is 11.8 Å². The zero-order chi connectivity index (χ0) is 11.6. The van der Waals surface area contributed by atoms with E-state index in [1.54, 1.807) is 13.8 Å². The fourth-order valence-electron chi connectivity index (χ4n) is 2.48. The van der Waals surface area contributed by atoms with Crippen molar-refractivity contribution in [3.8, 4) is 0 Å². The van der Waals surface area contributed by atoms with Crippen molar-refractivity contribution >= 4 is 5.97 Å². The van der Waals surface area contributed by atoms with Crippen molar-refractivity contribution in [1.29, 1.82) is 0 Å². The van der Waals surface area contributed by atoms with Crippen LogP contribution in [0.5, 0.6) is 0 Å². The molecule has 0 heterocycles. The van der Waals surface area contributed by atoms with E-state index in [9.17, 15) is 9.90 Å². The maximum atomic E-state index is 11.0. The van der Waals surface area contributed by atoms with E-state index >= 15 is 0 Å². The highest BCUT2D eigenvalue weighted by atomic mass is 16.5. The number of hydrogen-bond donors (Lipinski definition) is 1. The minimum absolute atomic E-state index is 0.0672. The largest absolute Gasteiger partial charge is 0.462 e. The van der Waals surface area contributed by atoms with Gasteiger partial charge in [0, 0.05) is 12.8 Å². The molecule has 0 saturated heterocycles. The molecule has 0 aromatic rings. The van der Waals surface area contributed by atoms with E-state index in [0.29, 0.717) is 5.92 Å². The maximum absolute atomic E-state index is 11.0. The topological polar surface area (TPSA) is 46.5 Å². The highest BCUT2D eigenvalue weighted by Gasteiger charge is 2.39. The third-order valence-electron chi connectivity index (χ3n) is 3.28. The van der Waals surface area contributed by atoms with Crippen molar-refractivity contribution in [2.75, 3.05) is 0 Å². The number of hydrogen-bond acceptors (Lipinski definition) is 3. The summed E-state index contributed by atoms with van der Waals surface area (Å²) in [7, 11) is 0. The molecule has 0 aromatic carbocycles. The average molecular weight is 214 g/mol. The predicted octanol–water partition coefficient (Wildman–Crippen LogP) is 2.13. The number of esters is 1. The Morgan fingerprint density at radius 2 is 2.00 bits per heavy atom. The van der Waals surface area contributed by atoms with Gasteiger partial charge in [0.05, 0.1) is 5.60 Å². The van der Waals surface area contributed by atoms with E-state index < -0.39 is 5.60 Å². The molecule has 1 aliphatic rings. The summed E-state index contributed by atoms with van der Waals surface area (Å²) < 4.78 is 5.30. The number of ether oxygens (including phenoxy) is 1. The molecule has 3 atom stereocenters. The van der Waals surface area contributed by atoms with Gasteiger partial charge in [-0.15, -0.1) is 0 Å². The lowest BCUT2D eigenvalue weighted by atomic mass is 9.73. The summed E-state index contributed by atoms with van der Waals surface area (Å²) in [5.41, 5.74) is -0.764. The van der Waals surface area contributed by atoms with Crippen molar-refractivity contribution in [1.82, 2.24) is 0 Å². The second kappa shape index (κ2) is 4.52. The molecule has 1 saturated carbocycles. The molecule has 3 heteroatoms. The van der Waals surface area contributed by atoms with Crippen molar-refractivity contribution < 1.29 is 14.6 Å². The van der Waals surface area contributed by atoms with Gasteiger partial charge in [-0.3, -0.25) is 4.79 Å². The van der Waals surface area contributed by atoms with E-state index in [0.717, 1.165) is 19.3 Å². The van der Waals surface area contributed by atoms with E-state index in [-0.39, 0.29) is 18.0 Å². The Kier molecular flexibility index (Phi) is 3.77. The second-order valence-corrected chi connectivity index (χ2v) is 5.33. The normalized spacial score (nSPS) is 32.5. The first-order chi connectivity index (χ1) is 6.80. The molecule has 88 valence electrons. The van der Waals surface area contributed by atoms with Crippen molar-refractivity contribution in [2.45, 2.75) is 58.7 Å². The van der Waals surface area contributed by atoms with Gasteiger partial charge in [-0.05, 0) is 32.6 Å². The molecule has 1 fully saturated rings. The van der Waals surface area contributed by atoms with E-state index in [4.69, 9.17) is 4.74 Å². The second-order valence-electron chi connectivity index (χ2n) is 5.33. The minimum atomic E-state index is -0.764. The fourth-order valence-corrected chi connectivity index (χ4v) is 2.48.